The number of rotatable bonds is 2. The Hall–Kier alpha value is -1.88. The molecule has 0 saturated heterocycles. The fraction of sp³-hybridized carbons (Fsp3) is 0.235. The van der Waals surface area contributed by atoms with Gasteiger partial charge in [0.25, 0.3) is 5.24 Å². The minimum Gasteiger partial charge on any atom is -0.276 e. The van der Waals surface area contributed by atoms with Gasteiger partial charge in [0.05, 0.1) is 5.56 Å². The highest BCUT2D eigenvalue weighted by Crippen LogP contribution is 2.42. The van der Waals surface area contributed by atoms with Crippen LogP contribution >= 0.6 is 11.6 Å². The van der Waals surface area contributed by atoms with Crippen molar-refractivity contribution in [3.05, 3.63) is 70.0 Å². The van der Waals surface area contributed by atoms with Crippen LogP contribution in [0.15, 0.2) is 36.4 Å². The van der Waals surface area contributed by atoms with Crippen molar-refractivity contribution in [2.24, 2.45) is 0 Å². The Morgan fingerprint density at radius 3 is 2.48 bits per heavy atom. The lowest BCUT2D eigenvalue weighted by atomic mass is 9.88. The van der Waals surface area contributed by atoms with Crippen LogP contribution in [0.4, 0.5) is 17.6 Å². The van der Waals surface area contributed by atoms with Crippen molar-refractivity contribution in [3.63, 3.8) is 0 Å². The molecule has 23 heavy (non-hydrogen) atoms. The number of aryl methyl sites for hydroxylation is 1. The van der Waals surface area contributed by atoms with Gasteiger partial charge in [-0.25, -0.2) is 4.39 Å². The molecule has 0 aromatic heterocycles. The summed E-state index contributed by atoms with van der Waals surface area (Å²) < 4.78 is 52.2. The third-order valence-electron chi connectivity index (χ3n) is 4.15. The smallest absolute Gasteiger partial charge is 0.276 e. The second kappa shape index (κ2) is 5.64. The zero-order chi connectivity index (χ0) is 16.8. The molecule has 2 aromatic rings. The zero-order valence-corrected chi connectivity index (χ0v) is 12.5. The maximum Gasteiger partial charge on any atom is 0.416 e. The maximum absolute atomic E-state index is 13.3. The quantitative estimate of drug-likeness (QED) is 0.534. The summed E-state index contributed by atoms with van der Waals surface area (Å²) in [5.74, 6) is -0.785. The van der Waals surface area contributed by atoms with E-state index >= 15 is 0 Å². The molecule has 0 N–H and O–H groups in total. The molecule has 2 aromatic carbocycles. The lowest BCUT2D eigenvalue weighted by Gasteiger charge is -2.17. The van der Waals surface area contributed by atoms with Crippen LogP contribution in [-0.4, -0.2) is 5.24 Å². The molecule has 0 heterocycles. The summed E-state index contributed by atoms with van der Waals surface area (Å²) in [6.07, 6.45) is -3.45. The average molecular weight is 343 g/mol. The summed E-state index contributed by atoms with van der Waals surface area (Å²) in [6.45, 7) is 0. The highest BCUT2D eigenvalue weighted by molar-refractivity contribution is 6.67. The third kappa shape index (κ3) is 2.98. The van der Waals surface area contributed by atoms with Crippen LogP contribution in [-0.2, 0) is 12.6 Å². The van der Waals surface area contributed by atoms with Gasteiger partial charge in [0.1, 0.15) is 5.82 Å². The third-order valence-corrected chi connectivity index (χ3v) is 4.35. The minimum atomic E-state index is -4.51. The van der Waals surface area contributed by atoms with Crippen LogP contribution in [0.5, 0.6) is 0 Å². The first-order chi connectivity index (χ1) is 10.8. The van der Waals surface area contributed by atoms with Crippen molar-refractivity contribution in [1.29, 1.82) is 0 Å². The fourth-order valence-corrected chi connectivity index (χ4v) is 3.29. The molecule has 0 spiro atoms. The monoisotopic (exact) mass is 342 g/mol. The van der Waals surface area contributed by atoms with Gasteiger partial charge < -0.3 is 0 Å². The highest BCUT2D eigenvalue weighted by atomic mass is 35.5. The van der Waals surface area contributed by atoms with Gasteiger partial charge in [-0.15, -0.1) is 0 Å². The Labute approximate surface area is 134 Å². The van der Waals surface area contributed by atoms with Crippen LogP contribution in [0.1, 0.15) is 45.0 Å². The summed E-state index contributed by atoms with van der Waals surface area (Å²) in [5, 5.41) is -0.802. The summed E-state index contributed by atoms with van der Waals surface area (Å²) in [4.78, 5) is 11.6. The van der Waals surface area contributed by atoms with Gasteiger partial charge in [-0.3, -0.25) is 4.79 Å². The molecule has 3 rings (SSSR count). The number of hydrogen-bond donors (Lipinski definition) is 0. The number of fused-ring (bicyclic) bond motifs is 1. The number of halogens is 5. The van der Waals surface area contributed by atoms with Crippen LogP contribution in [0.25, 0.3) is 0 Å². The Kier molecular flexibility index (Phi) is 3.92. The molecule has 1 nitrogen and oxygen atoms in total. The van der Waals surface area contributed by atoms with Crippen molar-refractivity contribution in [3.8, 4) is 0 Å². The van der Waals surface area contributed by atoms with Crippen molar-refractivity contribution < 1.29 is 22.4 Å². The maximum atomic E-state index is 13.3. The molecule has 0 bridgehead atoms. The summed E-state index contributed by atoms with van der Waals surface area (Å²) in [7, 11) is 0. The molecule has 1 aliphatic rings. The van der Waals surface area contributed by atoms with Gasteiger partial charge in [-0.2, -0.15) is 13.2 Å². The molecule has 0 aliphatic heterocycles. The molecule has 0 amide bonds. The predicted octanol–water partition coefficient (Wildman–Crippen LogP) is 5.30. The van der Waals surface area contributed by atoms with Crippen LogP contribution < -0.4 is 0 Å². The first-order valence-corrected chi connectivity index (χ1v) is 7.34. The van der Waals surface area contributed by atoms with Crippen molar-refractivity contribution >= 4 is 16.8 Å². The van der Waals surface area contributed by atoms with E-state index in [1.54, 1.807) is 6.07 Å². The minimum absolute atomic E-state index is 0.0573. The van der Waals surface area contributed by atoms with Crippen LogP contribution in [0.3, 0.4) is 0 Å². The molecule has 0 saturated carbocycles. The average Bonchev–Trinajstić information content (AvgIpc) is 2.88. The molecule has 1 aliphatic carbocycles. The predicted molar refractivity (Wildman–Crippen MR) is 78.2 cm³/mol. The van der Waals surface area contributed by atoms with E-state index in [1.165, 1.54) is 12.1 Å². The van der Waals surface area contributed by atoms with Gasteiger partial charge in [0.2, 0.25) is 0 Å². The Morgan fingerprint density at radius 1 is 1.09 bits per heavy atom. The van der Waals surface area contributed by atoms with Gasteiger partial charge in [0.15, 0.2) is 0 Å². The van der Waals surface area contributed by atoms with Gasteiger partial charge in [-0.05, 0) is 71.5 Å². The largest absolute Gasteiger partial charge is 0.416 e. The lowest BCUT2D eigenvalue weighted by Crippen LogP contribution is -2.10. The highest BCUT2D eigenvalue weighted by Gasteiger charge is 2.34. The normalized spacial score (nSPS) is 17.2. The first kappa shape index (κ1) is 16.0. The van der Waals surface area contributed by atoms with E-state index in [9.17, 15) is 22.4 Å². The van der Waals surface area contributed by atoms with Gasteiger partial charge >= 0.3 is 6.18 Å². The topological polar surface area (TPSA) is 17.1 Å². The number of alkyl halides is 3. The first-order valence-electron chi connectivity index (χ1n) is 6.96. The van der Waals surface area contributed by atoms with E-state index in [1.807, 2.05) is 0 Å². The Balaban J connectivity index is 2.14. The van der Waals surface area contributed by atoms with E-state index in [0.29, 0.717) is 12.8 Å². The summed E-state index contributed by atoms with van der Waals surface area (Å²) >= 11 is 5.53. The second-order valence-corrected chi connectivity index (χ2v) is 5.85. The summed E-state index contributed by atoms with van der Waals surface area (Å²) in [5.41, 5.74) is 0.960. The molecule has 0 fully saturated rings. The van der Waals surface area contributed by atoms with Crippen LogP contribution in [0.2, 0.25) is 0 Å². The van der Waals surface area contributed by atoms with Gasteiger partial charge in [0, 0.05) is 11.5 Å². The molecular formula is C17H11ClF4O. The molecule has 120 valence electrons. The number of carbonyl (C=O) groups is 1. The number of carbonyl (C=O) groups excluding carboxylic acids is 1. The number of benzene rings is 2. The van der Waals surface area contributed by atoms with E-state index in [4.69, 9.17) is 11.6 Å². The van der Waals surface area contributed by atoms with E-state index in [0.717, 1.165) is 29.3 Å². The SMILES string of the molecule is O=C(Cl)c1ccc(C(F)(F)F)cc1C1CCc2cc(F)ccc21. The molecule has 6 heteroatoms. The van der Waals surface area contributed by atoms with Crippen molar-refractivity contribution in [1.82, 2.24) is 0 Å². The van der Waals surface area contributed by atoms with E-state index in [2.05, 4.69) is 0 Å². The van der Waals surface area contributed by atoms with Crippen LogP contribution in [0, 0.1) is 5.82 Å². The molecular weight excluding hydrogens is 332 g/mol. The standard InChI is InChI=1S/C17H11ClF4O/c18-16(23)14-5-2-10(17(20,21)22)8-15(14)13-4-1-9-7-11(19)3-6-12(9)13/h2-3,5-8,13H,1,4H2. The van der Waals surface area contributed by atoms with Crippen molar-refractivity contribution in [2.75, 3.05) is 0 Å². The molecule has 1 unspecified atom stereocenters. The zero-order valence-electron chi connectivity index (χ0n) is 11.8. The summed E-state index contributed by atoms with van der Waals surface area (Å²) in [6, 6.07) is 7.14. The molecule has 1 atom stereocenters. The fourth-order valence-electron chi connectivity index (χ4n) is 3.12. The van der Waals surface area contributed by atoms with Gasteiger partial charge in [-0.1, -0.05) is 6.07 Å². The van der Waals surface area contributed by atoms with E-state index in [-0.39, 0.29) is 16.9 Å². The van der Waals surface area contributed by atoms with E-state index < -0.39 is 22.9 Å². The Bertz CT molecular complexity index is 783. The number of hydrogen-bond acceptors (Lipinski definition) is 1. The van der Waals surface area contributed by atoms with Crippen molar-refractivity contribution in [2.45, 2.75) is 24.9 Å². The second-order valence-electron chi connectivity index (χ2n) is 5.51. The lowest BCUT2D eigenvalue weighted by molar-refractivity contribution is -0.137. The Morgan fingerprint density at radius 2 is 1.83 bits per heavy atom. The molecule has 0 radical (unpaired) electrons.